The maximum absolute atomic E-state index is 6.08. The van der Waals surface area contributed by atoms with Crippen molar-refractivity contribution in [2.24, 2.45) is 11.7 Å². The second-order valence-corrected chi connectivity index (χ2v) is 4.14. The van der Waals surface area contributed by atoms with E-state index < -0.39 is 0 Å². The van der Waals surface area contributed by atoms with Gasteiger partial charge < -0.3 is 10.5 Å². The van der Waals surface area contributed by atoms with Gasteiger partial charge in [-0.1, -0.05) is 32.6 Å². The van der Waals surface area contributed by atoms with Crippen molar-refractivity contribution in [3.63, 3.8) is 0 Å². The van der Waals surface area contributed by atoms with Gasteiger partial charge in [-0.2, -0.15) is 0 Å². The molecule has 1 fully saturated rings. The third-order valence-corrected chi connectivity index (χ3v) is 2.96. The number of nitrogens with two attached hydrogens (primary N) is 1. The lowest BCUT2D eigenvalue weighted by molar-refractivity contribution is 0.179. The molecule has 0 aromatic rings. The minimum Gasteiger partial charge on any atom is -0.381 e. The van der Waals surface area contributed by atoms with Crippen LogP contribution in [0.1, 0.15) is 45.4 Å². The van der Waals surface area contributed by atoms with Gasteiger partial charge in [0.15, 0.2) is 0 Å². The molecule has 0 amide bonds. The summed E-state index contributed by atoms with van der Waals surface area (Å²) in [5.74, 6) is 0.640. The highest BCUT2D eigenvalue weighted by Crippen LogP contribution is 2.19. The van der Waals surface area contributed by atoms with E-state index in [1.54, 1.807) is 0 Å². The van der Waals surface area contributed by atoms with Gasteiger partial charge in [0.25, 0.3) is 0 Å². The molecule has 1 rings (SSSR count). The molecule has 78 valence electrons. The highest BCUT2D eigenvalue weighted by atomic mass is 16.5. The number of hydrogen-bond acceptors (Lipinski definition) is 2. The predicted octanol–water partition coefficient (Wildman–Crippen LogP) is 2.32. The first-order chi connectivity index (χ1) is 6.34. The summed E-state index contributed by atoms with van der Waals surface area (Å²) in [6, 6.07) is 0.388. The molecule has 13 heavy (non-hydrogen) atoms. The second kappa shape index (κ2) is 6.39. The van der Waals surface area contributed by atoms with E-state index >= 15 is 0 Å². The van der Waals surface area contributed by atoms with Crippen molar-refractivity contribution in [3.05, 3.63) is 0 Å². The first-order valence-electron chi connectivity index (χ1n) is 5.68. The molecule has 2 nitrogen and oxygen atoms in total. The fraction of sp³-hybridized carbons (Fsp3) is 1.00. The number of ether oxygens (including phenoxy) is 1. The summed E-state index contributed by atoms with van der Waals surface area (Å²) in [5, 5.41) is 0. The van der Waals surface area contributed by atoms with Gasteiger partial charge in [-0.05, 0) is 18.8 Å². The third kappa shape index (κ3) is 4.10. The lowest BCUT2D eigenvalue weighted by Crippen LogP contribution is -2.30. The van der Waals surface area contributed by atoms with Gasteiger partial charge in [0.1, 0.15) is 0 Å². The fourth-order valence-corrected chi connectivity index (χ4v) is 1.93. The summed E-state index contributed by atoms with van der Waals surface area (Å²) in [6.45, 7) is 4.06. The molecule has 2 atom stereocenters. The molecule has 0 saturated carbocycles. The number of rotatable bonds is 6. The van der Waals surface area contributed by atoms with Crippen LogP contribution in [0.5, 0.6) is 0 Å². The lowest BCUT2D eigenvalue weighted by Gasteiger charge is -2.16. The van der Waals surface area contributed by atoms with Crippen LogP contribution in [-0.2, 0) is 4.74 Å². The molecule has 1 heterocycles. The first kappa shape index (κ1) is 11.0. The molecule has 0 aromatic heterocycles. The molecule has 2 heteroatoms. The van der Waals surface area contributed by atoms with Gasteiger partial charge in [0.05, 0.1) is 6.61 Å². The van der Waals surface area contributed by atoms with Crippen LogP contribution < -0.4 is 5.73 Å². The molecule has 2 unspecified atom stereocenters. The molecule has 1 saturated heterocycles. The Balaban J connectivity index is 1.99. The Hall–Kier alpha value is -0.0800. The van der Waals surface area contributed by atoms with E-state index in [4.69, 9.17) is 10.5 Å². The van der Waals surface area contributed by atoms with E-state index in [-0.39, 0.29) is 0 Å². The predicted molar refractivity (Wildman–Crippen MR) is 55.7 cm³/mol. The topological polar surface area (TPSA) is 35.2 Å². The normalized spacial score (nSPS) is 24.9. The lowest BCUT2D eigenvalue weighted by atomic mass is 9.95. The van der Waals surface area contributed by atoms with Gasteiger partial charge >= 0.3 is 0 Å². The molecule has 0 spiro atoms. The fourth-order valence-electron chi connectivity index (χ4n) is 1.93. The standard InChI is InChI=1S/C11H23NO/c1-2-3-4-5-6-11(12)10-7-8-13-9-10/h10-11H,2-9,12H2,1H3. The second-order valence-electron chi connectivity index (χ2n) is 4.14. The van der Waals surface area contributed by atoms with E-state index in [0.29, 0.717) is 12.0 Å². The Morgan fingerprint density at radius 2 is 2.23 bits per heavy atom. The van der Waals surface area contributed by atoms with Crippen LogP contribution >= 0.6 is 0 Å². The van der Waals surface area contributed by atoms with Crippen LogP contribution in [0.3, 0.4) is 0 Å². The molecule has 0 radical (unpaired) electrons. The largest absolute Gasteiger partial charge is 0.381 e. The van der Waals surface area contributed by atoms with Gasteiger partial charge in [-0.25, -0.2) is 0 Å². The highest BCUT2D eigenvalue weighted by Gasteiger charge is 2.21. The van der Waals surface area contributed by atoms with Crippen LogP contribution in [0.15, 0.2) is 0 Å². The van der Waals surface area contributed by atoms with Crippen molar-refractivity contribution in [2.45, 2.75) is 51.5 Å². The Morgan fingerprint density at radius 3 is 2.85 bits per heavy atom. The van der Waals surface area contributed by atoms with Crippen LogP contribution in [0.2, 0.25) is 0 Å². The van der Waals surface area contributed by atoms with Gasteiger partial charge in [0, 0.05) is 12.6 Å². The molecule has 0 aliphatic carbocycles. The SMILES string of the molecule is CCCCCCC(N)C1CCOC1. The Bertz CT molecular complexity index is 121. The first-order valence-corrected chi connectivity index (χ1v) is 5.68. The minimum atomic E-state index is 0.388. The van der Waals surface area contributed by atoms with E-state index in [2.05, 4.69) is 6.92 Å². The van der Waals surface area contributed by atoms with Crippen molar-refractivity contribution >= 4 is 0 Å². The van der Waals surface area contributed by atoms with Crippen molar-refractivity contribution in [2.75, 3.05) is 13.2 Å². The quantitative estimate of drug-likeness (QED) is 0.644. The summed E-state index contributed by atoms with van der Waals surface area (Å²) in [4.78, 5) is 0. The number of hydrogen-bond donors (Lipinski definition) is 1. The maximum atomic E-state index is 6.08. The van der Waals surface area contributed by atoms with E-state index in [1.807, 2.05) is 0 Å². The summed E-state index contributed by atoms with van der Waals surface area (Å²) in [5.41, 5.74) is 6.08. The summed E-state index contributed by atoms with van der Waals surface area (Å²) in [7, 11) is 0. The van der Waals surface area contributed by atoms with Crippen molar-refractivity contribution in [1.29, 1.82) is 0 Å². The van der Waals surface area contributed by atoms with Crippen LogP contribution in [-0.4, -0.2) is 19.3 Å². The zero-order valence-electron chi connectivity index (χ0n) is 8.80. The van der Waals surface area contributed by atoms with E-state index in [0.717, 1.165) is 13.2 Å². The Labute approximate surface area is 81.8 Å². The molecule has 0 aromatic carbocycles. The molecule has 0 bridgehead atoms. The minimum absolute atomic E-state index is 0.388. The molecule has 2 N–H and O–H groups in total. The van der Waals surface area contributed by atoms with Gasteiger partial charge in [0.2, 0.25) is 0 Å². The van der Waals surface area contributed by atoms with Gasteiger partial charge in [-0.3, -0.25) is 0 Å². The smallest absolute Gasteiger partial charge is 0.0509 e. The zero-order chi connectivity index (χ0) is 9.52. The average molecular weight is 185 g/mol. The van der Waals surface area contributed by atoms with Crippen molar-refractivity contribution in [3.8, 4) is 0 Å². The Morgan fingerprint density at radius 1 is 1.38 bits per heavy atom. The summed E-state index contributed by atoms with van der Waals surface area (Å²) in [6.07, 6.45) is 7.67. The molecule has 1 aliphatic heterocycles. The average Bonchev–Trinajstić information content (AvgIpc) is 2.65. The van der Waals surface area contributed by atoms with E-state index in [9.17, 15) is 0 Å². The molecule has 1 aliphatic rings. The maximum Gasteiger partial charge on any atom is 0.0509 e. The zero-order valence-corrected chi connectivity index (χ0v) is 8.80. The van der Waals surface area contributed by atoms with Crippen molar-refractivity contribution in [1.82, 2.24) is 0 Å². The molecular formula is C11H23NO. The third-order valence-electron chi connectivity index (χ3n) is 2.96. The summed E-state index contributed by atoms with van der Waals surface area (Å²) >= 11 is 0. The van der Waals surface area contributed by atoms with Gasteiger partial charge in [-0.15, -0.1) is 0 Å². The summed E-state index contributed by atoms with van der Waals surface area (Å²) < 4.78 is 5.33. The monoisotopic (exact) mass is 185 g/mol. The highest BCUT2D eigenvalue weighted by molar-refractivity contribution is 4.75. The van der Waals surface area contributed by atoms with Crippen LogP contribution in [0.25, 0.3) is 0 Å². The van der Waals surface area contributed by atoms with Crippen LogP contribution in [0.4, 0.5) is 0 Å². The molecular weight excluding hydrogens is 162 g/mol. The van der Waals surface area contributed by atoms with E-state index in [1.165, 1.54) is 38.5 Å². The number of unbranched alkanes of at least 4 members (excludes halogenated alkanes) is 3. The van der Waals surface area contributed by atoms with Crippen molar-refractivity contribution < 1.29 is 4.74 Å². The Kier molecular flexibility index (Phi) is 5.40. The van der Waals surface area contributed by atoms with Crippen LogP contribution in [0, 0.1) is 5.92 Å².